The van der Waals surface area contributed by atoms with E-state index in [2.05, 4.69) is 35.8 Å². The first-order valence-corrected chi connectivity index (χ1v) is 7.53. The van der Waals surface area contributed by atoms with E-state index in [4.69, 9.17) is 5.73 Å². The van der Waals surface area contributed by atoms with Gasteiger partial charge in [0.15, 0.2) is 0 Å². The summed E-state index contributed by atoms with van der Waals surface area (Å²) in [7, 11) is 0. The molecule has 106 valence electrons. The number of likely N-dealkylation sites (N-methyl/N-ethyl adjacent to an activating group) is 1. The number of rotatable bonds is 6. The number of hydrogen-bond acceptors (Lipinski definition) is 3. The molecule has 1 fully saturated rings. The van der Waals surface area contributed by atoms with Crippen molar-refractivity contribution in [1.82, 2.24) is 9.80 Å². The Balaban J connectivity index is 1.77. The highest BCUT2D eigenvalue weighted by molar-refractivity contribution is 5.39. The van der Waals surface area contributed by atoms with Crippen molar-refractivity contribution in [3.05, 3.63) is 29.8 Å². The van der Waals surface area contributed by atoms with Gasteiger partial charge in [-0.05, 0) is 50.2 Å². The van der Waals surface area contributed by atoms with Gasteiger partial charge in [-0.1, -0.05) is 26.0 Å². The Labute approximate surface area is 117 Å². The first-order valence-electron chi connectivity index (χ1n) is 7.53. The standard InChI is InChI=1S/C16H27N3/c1-3-19(4-2)16-10-12-18(13-16)11-9-14-5-7-15(17)8-6-14/h5-8,16H,3-4,9-13,17H2,1-2H3. The lowest BCUT2D eigenvalue weighted by Gasteiger charge is -2.26. The minimum Gasteiger partial charge on any atom is -0.399 e. The maximum atomic E-state index is 5.71. The number of anilines is 1. The van der Waals surface area contributed by atoms with E-state index in [0.29, 0.717) is 0 Å². The second-order valence-corrected chi connectivity index (χ2v) is 5.46. The lowest BCUT2D eigenvalue weighted by atomic mass is 10.1. The van der Waals surface area contributed by atoms with Crippen molar-refractivity contribution in [3.63, 3.8) is 0 Å². The summed E-state index contributed by atoms with van der Waals surface area (Å²) in [5, 5.41) is 0. The summed E-state index contributed by atoms with van der Waals surface area (Å²) in [6.07, 6.45) is 2.45. The molecule has 0 bridgehead atoms. The quantitative estimate of drug-likeness (QED) is 0.797. The van der Waals surface area contributed by atoms with Crippen molar-refractivity contribution >= 4 is 5.69 Å². The fourth-order valence-corrected chi connectivity index (χ4v) is 3.02. The van der Waals surface area contributed by atoms with Gasteiger partial charge in [0.25, 0.3) is 0 Å². The van der Waals surface area contributed by atoms with Crippen molar-refractivity contribution in [2.75, 3.05) is 38.5 Å². The number of nitrogens with two attached hydrogens (primary N) is 1. The first-order chi connectivity index (χ1) is 9.22. The van der Waals surface area contributed by atoms with Crippen molar-refractivity contribution in [2.45, 2.75) is 32.7 Å². The maximum Gasteiger partial charge on any atom is 0.0314 e. The van der Waals surface area contributed by atoms with Gasteiger partial charge in [-0.3, -0.25) is 4.90 Å². The Morgan fingerprint density at radius 1 is 1.21 bits per heavy atom. The molecule has 1 atom stereocenters. The third kappa shape index (κ3) is 3.95. The van der Waals surface area contributed by atoms with Crippen LogP contribution in [0.3, 0.4) is 0 Å². The largest absolute Gasteiger partial charge is 0.399 e. The molecule has 1 saturated heterocycles. The van der Waals surface area contributed by atoms with Crippen LogP contribution in [0.2, 0.25) is 0 Å². The maximum absolute atomic E-state index is 5.71. The van der Waals surface area contributed by atoms with E-state index in [1.165, 1.54) is 44.7 Å². The van der Waals surface area contributed by atoms with Crippen molar-refractivity contribution in [3.8, 4) is 0 Å². The molecular formula is C16H27N3. The molecule has 1 aromatic rings. The summed E-state index contributed by atoms with van der Waals surface area (Å²) >= 11 is 0. The highest BCUT2D eigenvalue weighted by Crippen LogP contribution is 2.16. The van der Waals surface area contributed by atoms with Gasteiger partial charge in [0.1, 0.15) is 0 Å². The van der Waals surface area contributed by atoms with E-state index < -0.39 is 0 Å². The molecule has 0 aliphatic carbocycles. The molecule has 0 aromatic heterocycles. The van der Waals surface area contributed by atoms with Gasteiger partial charge in [-0.15, -0.1) is 0 Å². The van der Waals surface area contributed by atoms with E-state index in [1.807, 2.05) is 12.1 Å². The van der Waals surface area contributed by atoms with Gasteiger partial charge in [0.05, 0.1) is 0 Å². The molecule has 19 heavy (non-hydrogen) atoms. The van der Waals surface area contributed by atoms with Crippen LogP contribution in [0, 0.1) is 0 Å². The molecule has 0 saturated carbocycles. The molecule has 1 unspecified atom stereocenters. The fourth-order valence-electron chi connectivity index (χ4n) is 3.02. The molecule has 3 nitrogen and oxygen atoms in total. The highest BCUT2D eigenvalue weighted by Gasteiger charge is 2.25. The van der Waals surface area contributed by atoms with Gasteiger partial charge in [0, 0.05) is 24.8 Å². The van der Waals surface area contributed by atoms with Crippen LogP contribution >= 0.6 is 0 Å². The Morgan fingerprint density at radius 2 is 1.89 bits per heavy atom. The summed E-state index contributed by atoms with van der Waals surface area (Å²) in [5.41, 5.74) is 7.95. The smallest absolute Gasteiger partial charge is 0.0314 e. The SMILES string of the molecule is CCN(CC)C1CCN(CCc2ccc(N)cc2)C1. The molecule has 1 heterocycles. The van der Waals surface area contributed by atoms with Crippen LogP contribution in [-0.2, 0) is 6.42 Å². The lowest BCUT2D eigenvalue weighted by Crippen LogP contribution is -2.37. The van der Waals surface area contributed by atoms with Crippen molar-refractivity contribution in [2.24, 2.45) is 0 Å². The van der Waals surface area contributed by atoms with Crippen LogP contribution in [-0.4, -0.2) is 48.6 Å². The zero-order valence-corrected chi connectivity index (χ0v) is 12.3. The minimum absolute atomic E-state index is 0.765. The van der Waals surface area contributed by atoms with E-state index in [0.717, 1.165) is 18.2 Å². The van der Waals surface area contributed by atoms with E-state index in [9.17, 15) is 0 Å². The van der Waals surface area contributed by atoms with Crippen LogP contribution in [0.25, 0.3) is 0 Å². The Kier molecular flexibility index (Phi) is 5.23. The Morgan fingerprint density at radius 3 is 2.53 bits per heavy atom. The highest BCUT2D eigenvalue weighted by atomic mass is 15.2. The van der Waals surface area contributed by atoms with Gasteiger partial charge >= 0.3 is 0 Å². The molecular weight excluding hydrogens is 234 g/mol. The molecule has 0 radical (unpaired) electrons. The number of hydrogen-bond donors (Lipinski definition) is 1. The molecule has 0 amide bonds. The van der Waals surface area contributed by atoms with Crippen molar-refractivity contribution < 1.29 is 0 Å². The second kappa shape index (κ2) is 6.92. The Hall–Kier alpha value is -1.06. The fraction of sp³-hybridized carbons (Fsp3) is 0.625. The van der Waals surface area contributed by atoms with Gasteiger partial charge in [-0.25, -0.2) is 0 Å². The van der Waals surface area contributed by atoms with Crippen LogP contribution in [0.15, 0.2) is 24.3 Å². The van der Waals surface area contributed by atoms with Crippen LogP contribution < -0.4 is 5.73 Å². The molecule has 1 aliphatic heterocycles. The molecule has 3 heteroatoms. The predicted molar refractivity (Wildman–Crippen MR) is 82.3 cm³/mol. The average Bonchev–Trinajstić information content (AvgIpc) is 2.88. The van der Waals surface area contributed by atoms with E-state index >= 15 is 0 Å². The summed E-state index contributed by atoms with van der Waals surface area (Å²) in [4.78, 5) is 5.18. The van der Waals surface area contributed by atoms with Crippen LogP contribution in [0.4, 0.5) is 5.69 Å². The van der Waals surface area contributed by atoms with Crippen molar-refractivity contribution in [1.29, 1.82) is 0 Å². The summed E-state index contributed by atoms with van der Waals surface area (Å²) in [6, 6.07) is 9.05. The second-order valence-electron chi connectivity index (χ2n) is 5.46. The topological polar surface area (TPSA) is 32.5 Å². The number of likely N-dealkylation sites (tertiary alicyclic amines) is 1. The molecule has 1 aromatic carbocycles. The van der Waals surface area contributed by atoms with Crippen LogP contribution in [0.1, 0.15) is 25.8 Å². The van der Waals surface area contributed by atoms with Gasteiger partial charge in [-0.2, -0.15) is 0 Å². The number of nitrogen functional groups attached to an aromatic ring is 1. The zero-order valence-electron chi connectivity index (χ0n) is 12.3. The third-order valence-corrected chi connectivity index (χ3v) is 4.27. The van der Waals surface area contributed by atoms with E-state index in [1.54, 1.807) is 0 Å². The normalized spacial score (nSPS) is 20.3. The summed E-state index contributed by atoms with van der Waals surface area (Å²) < 4.78 is 0. The average molecular weight is 261 g/mol. The minimum atomic E-state index is 0.765. The lowest BCUT2D eigenvalue weighted by molar-refractivity contribution is 0.211. The predicted octanol–water partition coefficient (Wildman–Crippen LogP) is 2.23. The Bertz CT molecular complexity index is 370. The third-order valence-electron chi connectivity index (χ3n) is 4.27. The van der Waals surface area contributed by atoms with Gasteiger partial charge in [0.2, 0.25) is 0 Å². The molecule has 0 spiro atoms. The van der Waals surface area contributed by atoms with E-state index in [-0.39, 0.29) is 0 Å². The zero-order chi connectivity index (χ0) is 13.7. The first kappa shape index (κ1) is 14.4. The molecule has 2 rings (SSSR count). The number of benzene rings is 1. The van der Waals surface area contributed by atoms with Crippen LogP contribution in [0.5, 0.6) is 0 Å². The van der Waals surface area contributed by atoms with Gasteiger partial charge < -0.3 is 10.6 Å². The monoisotopic (exact) mass is 261 g/mol. The summed E-state index contributed by atoms with van der Waals surface area (Å²) in [5.74, 6) is 0. The molecule has 2 N–H and O–H groups in total. The summed E-state index contributed by atoms with van der Waals surface area (Å²) in [6.45, 7) is 10.5. The number of nitrogens with zero attached hydrogens (tertiary/aromatic N) is 2. The molecule has 1 aliphatic rings.